The average molecular weight is 478 g/mol. The third-order valence-electron chi connectivity index (χ3n) is 6.84. The largest absolute Gasteiger partial charge is 0.356 e. The maximum absolute atomic E-state index is 3.62. The summed E-state index contributed by atoms with van der Waals surface area (Å²) < 4.78 is 2.66. The topological polar surface area (TPSA) is 12.0 Å². The fourth-order valence-corrected chi connectivity index (χ4v) is 6.15. The molecule has 1 heterocycles. The van der Waals surface area contributed by atoms with Crippen molar-refractivity contribution in [3.63, 3.8) is 0 Å². The Kier molecular flexibility index (Phi) is 5.04. The molecule has 0 aliphatic heterocycles. The van der Waals surface area contributed by atoms with Crippen LogP contribution in [-0.2, 0) is 0 Å². The molecular weight excluding hydrogens is 454 g/mol. The van der Waals surface area contributed by atoms with Gasteiger partial charge >= 0.3 is 0 Å². The number of hydrogen-bond acceptors (Lipinski definition) is 2. The highest BCUT2D eigenvalue weighted by Crippen LogP contribution is 2.40. The Labute approximate surface area is 214 Å². The van der Waals surface area contributed by atoms with Gasteiger partial charge in [-0.2, -0.15) is 0 Å². The number of thiophene rings is 1. The van der Waals surface area contributed by atoms with E-state index in [0.717, 1.165) is 11.4 Å². The third kappa shape index (κ3) is 3.73. The molecule has 0 saturated heterocycles. The maximum Gasteiger partial charge on any atom is 0.0391 e. The molecule has 0 unspecified atom stereocenters. The van der Waals surface area contributed by atoms with Crippen LogP contribution >= 0.6 is 11.3 Å². The van der Waals surface area contributed by atoms with E-state index in [1.165, 1.54) is 53.2 Å². The van der Waals surface area contributed by atoms with Crippen LogP contribution in [0.4, 0.5) is 11.4 Å². The number of anilines is 2. The number of rotatable bonds is 4. The minimum atomic E-state index is 1.08. The van der Waals surface area contributed by atoms with E-state index in [4.69, 9.17) is 0 Å². The molecule has 0 aliphatic rings. The van der Waals surface area contributed by atoms with Crippen LogP contribution in [0.2, 0.25) is 0 Å². The molecule has 0 amide bonds. The van der Waals surface area contributed by atoms with Crippen LogP contribution in [0.1, 0.15) is 0 Å². The van der Waals surface area contributed by atoms with Gasteiger partial charge in [-0.25, -0.2) is 0 Å². The van der Waals surface area contributed by atoms with Crippen molar-refractivity contribution in [3.05, 3.63) is 133 Å². The lowest BCUT2D eigenvalue weighted by atomic mass is 9.99. The van der Waals surface area contributed by atoms with E-state index in [1.54, 1.807) is 0 Å². The summed E-state index contributed by atoms with van der Waals surface area (Å²) >= 11 is 1.86. The van der Waals surface area contributed by atoms with Crippen LogP contribution in [0.15, 0.2) is 133 Å². The van der Waals surface area contributed by atoms with E-state index in [-0.39, 0.29) is 0 Å². The molecule has 0 aliphatic carbocycles. The second-order valence-corrected chi connectivity index (χ2v) is 10.2. The SMILES string of the molecule is c1ccc(-c2cccc(-c3ccc(Nc4ccc5sc6ccc7ccccc7c6c5c4)cc3)c2)cc1. The molecule has 7 aromatic rings. The predicted molar refractivity (Wildman–Crippen MR) is 157 cm³/mol. The molecule has 36 heavy (non-hydrogen) atoms. The van der Waals surface area contributed by atoms with Crippen LogP contribution in [0.25, 0.3) is 53.2 Å². The lowest BCUT2D eigenvalue weighted by molar-refractivity contribution is 1.55. The van der Waals surface area contributed by atoms with E-state index < -0.39 is 0 Å². The molecule has 170 valence electrons. The third-order valence-corrected chi connectivity index (χ3v) is 7.97. The molecule has 7 rings (SSSR count). The maximum atomic E-state index is 3.62. The van der Waals surface area contributed by atoms with Gasteiger partial charge in [0.05, 0.1) is 0 Å². The fraction of sp³-hybridized carbons (Fsp3) is 0. The molecule has 0 spiro atoms. The van der Waals surface area contributed by atoms with Crippen molar-refractivity contribution < 1.29 is 0 Å². The highest BCUT2D eigenvalue weighted by atomic mass is 32.1. The molecule has 2 heteroatoms. The first kappa shape index (κ1) is 20.9. The van der Waals surface area contributed by atoms with Gasteiger partial charge in [0.2, 0.25) is 0 Å². The first-order chi connectivity index (χ1) is 17.8. The smallest absolute Gasteiger partial charge is 0.0391 e. The number of fused-ring (bicyclic) bond motifs is 5. The van der Waals surface area contributed by atoms with Gasteiger partial charge in [0.25, 0.3) is 0 Å². The molecule has 1 N–H and O–H groups in total. The Bertz CT molecular complexity index is 1850. The van der Waals surface area contributed by atoms with Gasteiger partial charge in [-0.15, -0.1) is 11.3 Å². The Morgan fingerprint density at radius 2 is 1.08 bits per heavy atom. The van der Waals surface area contributed by atoms with Gasteiger partial charge in [-0.1, -0.05) is 91.0 Å². The summed E-state index contributed by atoms with van der Waals surface area (Å²) in [4.78, 5) is 0. The standard InChI is InChI=1S/C34H23NS/c1-2-7-23(8-3-1)26-10-6-11-27(21-26)24-13-16-28(17-14-24)35-29-18-20-32-31(22-29)34-30-12-5-4-9-25(30)15-19-33(34)36-32/h1-22,35H. The monoisotopic (exact) mass is 477 g/mol. The van der Waals surface area contributed by atoms with Crippen molar-refractivity contribution in [3.8, 4) is 22.3 Å². The molecule has 0 fully saturated rings. The summed E-state index contributed by atoms with van der Waals surface area (Å²) in [7, 11) is 0. The second-order valence-electron chi connectivity index (χ2n) is 9.12. The zero-order valence-corrected chi connectivity index (χ0v) is 20.4. The van der Waals surface area contributed by atoms with Crippen LogP contribution < -0.4 is 5.32 Å². The Hall–Kier alpha value is -4.40. The van der Waals surface area contributed by atoms with Gasteiger partial charge in [0.15, 0.2) is 0 Å². The Balaban J connectivity index is 1.20. The van der Waals surface area contributed by atoms with Crippen molar-refractivity contribution in [2.45, 2.75) is 0 Å². The molecule has 0 bridgehead atoms. The van der Waals surface area contributed by atoms with E-state index in [2.05, 4.69) is 139 Å². The fourth-order valence-electron chi connectivity index (χ4n) is 5.05. The lowest BCUT2D eigenvalue weighted by Crippen LogP contribution is -1.90. The minimum Gasteiger partial charge on any atom is -0.356 e. The van der Waals surface area contributed by atoms with Gasteiger partial charge < -0.3 is 5.32 Å². The summed E-state index contributed by atoms with van der Waals surface area (Å²) in [5.74, 6) is 0. The number of benzene rings is 6. The van der Waals surface area contributed by atoms with E-state index in [9.17, 15) is 0 Å². The van der Waals surface area contributed by atoms with Crippen molar-refractivity contribution in [2.24, 2.45) is 0 Å². The summed E-state index contributed by atoms with van der Waals surface area (Å²) in [5, 5.41) is 8.89. The molecular formula is C34H23NS. The van der Waals surface area contributed by atoms with Crippen LogP contribution in [-0.4, -0.2) is 0 Å². The van der Waals surface area contributed by atoms with Gasteiger partial charge in [0, 0.05) is 31.5 Å². The van der Waals surface area contributed by atoms with Crippen molar-refractivity contribution >= 4 is 53.7 Å². The zero-order chi connectivity index (χ0) is 23.9. The Morgan fingerprint density at radius 1 is 0.417 bits per heavy atom. The zero-order valence-electron chi connectivity index (χ0n) is 19.6. The highest BCUT2D eigenvalue weighted by molar-refractivity contribution is 7.26. The van der Waals surface area contributed by atoms with Crippen LogP contribution in [0.5, 0.6) is 0 Å². The molecule has 1 aromatic heterocycles. The summed E-state index contributed by atoms with van der Waals surface area (Å²) in [6.07, 6.45) is 0. The molecule has 0 radical (unpaired) electrons. The van der Waals surface area contributed by atoms with E-state index in [0.29, 0.717) is 0 Å². The molecule has 1 nitrogen and oxygen atoms in total. The predicted octanol–water partition coefficient (Wildman–Crippen LogP) is 10.3. The minimum absolute atomic E-state index is 1.08. The normalized spacial score (nSPS) is 11.3. The van der Waals surface area contributed by atoms with Crippen molar-refractivity contribution in [2.75, 3.05) is 5.32 Å². The Morgan fingerprint density at radius 3 is 1.92 bits per heavy atom. The van der Waals surface area contributed by atoms with Gasteiger partial charge in [-0.05, 0) is 75.5 Å². The molecule has 0 atom stereocenters. The highest BCUT2D eigenvalue weighted by Gasteiger charge is 2.10. The first-order valence-electron chi connectivity index (χ1n) is 12.2. The van der Waals surface area contributed by atoms with Crippen molar-refractivity contribution in [1.82, 2.24) is 0 Å². The molecule has 0 saturated carbocycles. The van der Waals surface area contributed by atoms with Gasteiger partial charge in [0.1, 0.15) is 0 Å². The first-order valence-corrected chi connectivity index (χ1v) is 13.0. The summed E-state index contributed by atoms with van der Waals surface area (Å²) in [6.45, 7) is 0. The quantitative estimate of drug-likeness (QED) is 0.266. The second kappa shape index (κ2) is 8.67. The van der Waals surface area contributed by atoms with E-state index in [1.807, 2.05) is 11.3 Å². The van der Waals surface area contributed by atoms with Gasteiger partial charge in [-0.3, -0.25) is 0 Å². The van der Waals surface area contributed by atoms with E-state index >= 15 is 0 Å². The molecule has 6 aromatic carbocycles. The summed E-state index contributed by atoms with van der Waals surface area (Å²) in [6, 6.07) is 47.8. The summed E-state index contributed by atoms with van der Waals surface area (Å²) in [5.41, 5.74) is 7.10. The average Bonchev–Trinajstić information content (AvgIpc) is 3.32. The lowest BCUT2D eigenvalue weighted by Gasteiger charge is -2.10. The van der Waals surface area contributed by atoms with Crippen LogP contribution in [0, 0.1) is 0 Å². The van der Waals surface area contributed by atoms with Crippen molar-refractivity contribution in [1.29, 1.82) is 0 Å². The van der Waals surface area contributed by atoms with Crippen LogP contribution in [0.3, 0.4) is 0 Å². The number of nitrogens with one attached hydrogen (secondary N) is 1. The number of hydrogen-bond donors (Lipinski definition) is 1.